The van der Waals surface area contributed by atoms with E-state index in [0.717, 1.165) is 0 Å². The van der Waals surface area contributed by atoms with Crippen LogP contribution in [-0.2, 0) is 9.59 Å². The smallest absolute Gasteiger partial charge is 0.341 e. The van der Waals surface area contributed by atoms with Gasteiger partial charge in [-0.2, -0.15) is 5.10 Å². The number of hydrazone groups is 1. The van der Waals surface area contributed by atoms with E-state index >= 15 is 0 Å². The van der Waals surface area contributed by atoms with Gasteiger partial charge in [0.05, 0.1) is 11.2 Å². The Labute approximate surface area is 159 Å². The summed E-state index contributed by atoms with van der Waals surface area (Å²) in [6.07, 6.45) is 1.33. The first-order chi connectivity index (χ1) is 12.5. The molecular formula is C17H14Cl2N2O5. The molecule has 0 fully saturated rings. The van der Waals surface area contributed by atoms with Gasteiger partial charge in [-0.05, 0) is 24.3 Å². The zero-order valence-corrected chi connectivity index (χ0v) is 14.8. The number of ether oxygens (including phenoxy) is 2. The number of para-hydroxylation sites is 1. The number of hydrogen-bond acceptors (Lipinski definition) is 5. The van der Waals surface area contributed by atoms with Crippen molar-refractivity contribution in [2.24, 2.45) is 5.10 Å². The fourth-order valence-corrected chi connectivity index (χ4v) is 2.13. The van der Waals surface area contributed by atoms with Crippen LogP contribution in [0.25, 0.3) is 0 Å². The van der Waals surface area contributed by atoms with E-state index in [1.165, 1.54) is 12.3 Å². The van der Waals surface area contributed by atoms with E-state index in [4.69, 9.17) is 37.8 Å². The predicted octanol–water partition coefficient (Wildman–Crippen LogP) is 2.99. The number of amides is 1. The van der Waals surface area contributed by atoms with Crippen LogP contribution in [0.4, 0.5) is 0 Å². The van der Waals surface area contributed by atoms with Gasteiger partial charge in [0.1, 0.15) is 11.5 Å². The van der Waals surface area contributed by atoms with E-state index < -0.39 is 18.5 Å². The maximum absolute atomic E-state index is 11.8. The van der Waals surface area contributed by atoms with Crippen molar-refractivity contribution >= 4 is 41.3 Å². The van der Waals surface area contributed by atoms with E-state index in [1.807, 2.05) is 0 Å². The molecule has 2 N–H and O–H groups in total. The van der Waals surface area contributed by atoms with Crippen molar-refractivity contribution in [3.05, 3.63) is 58.1 Å². The minimum Gasteiger partial charge on any atom is -0.482 e. The molecule has 0 aliphatic carbocycles. The van der Waals surface area contributed by atoms with Crippen LogP contribution >= 0.6 is 23.2 Å². The van der Waals surface area contributed by atoms with E-state index in [2.05, 4.69) is 10.5 Å². The number of nitrogens with zero attached hydrogens (tertiary/aromatic N) is 1. The summed E-state index contributed by atoms with van der Waals surface area (Å²) in [5, 5.41) is 13.2. The quantitative estimate of drug-likeness (QED) is 0.527. The Hall–Kier alpha value is -2.77. The van der Waals surface area contributed by atoms with Gasteiger partial charge in [0.25, 0.3) is 5.91 Å². The highest BCUT2D eigenvalue weighted by Crippen LogP contribution is 2.27. The topological polar surface area (TPSA) is 97.2 Å². The maximum atomic E-state index is 11.8. The Morgan fingerprint density at radius 2 is 1.81 bits per heavy atom. The van der Waals surface area contributed by atoms with Gasteiger partial charge in [0.15, 0.2) is 13.2 Å². The van der Waals surface area contributed by atoms with Gasteiger partial charge in [0, 0.05) is 16.7 Å². The number of hydrogen-bond donors (Lipinski definition) is 2. The molecule has 0 bridgehead atoms. The first kappa shape index (κ1) is 19.6. The van der Waals surface area contributed by atoms with E-state index in [1.54, 1.807) is 36.4 Å². The van der Waals surface area contributed by atoms with Gasteiger partial charge in [-0.3, -0.25) is 4.79 Å². The van der Waals surface area contributed by atoms with Crippen LogP contribution in [0.3, 0.4) is 0 Å². The van der Waals surface area contributed by atoms with Crippen molar-refractivity contribution in [1.29, 1.82) is 0 Å². The summed E-state index contributed by atoms with van der Waals surface area (Å²) in [6.45, 7) is -0.792. The van der Waals surface area contributed by atoms with Gasteiger partial charge < -0.3 is 14.6 Å². The molecule has 0 radical (unpaired) electrons. The highest BCUT2D eigenvalue weighted by atomic mass is 35.5. The summed E-state index contributed by atoms with van der Waals surface area (Å²) in [5.74, 6) is -0.997. The third kappa shape index (κ3) is 6.27. The molecule has 0 aliphatic rings. The third-order valence-electron chi connectivity index (χ3n) is 2.92. The molecule has 2 aromatic rings. The van der Waals surface area contributed by atoms with Crippen LogP contribution in [0.1, 0.15) is 5.56 Å². The van der Waals surface area contributed by atoms with Crippen molar-refractivity contribution in [2.75, 3.05) is 13.2 Å². The van der Waals surface area contributed by atoms with Gasteiger partial charge >= 0.3 is 5.97 Å². The number of benzene rings is 2. The lowest BCUT2D eigenvalue weighted by molar-refractivity contribution is -0.139. The second kappa shape index (κ2) is 9.65. The number of carboxylic acid groups (broad SMARTS) is 1. The lowest BCUT2D eigenvalue weighted by Gasteiger charge is -2.08. The molecule has 0 heterocycles. The Morgan fingerprint density at radius 1 is 1.08 bits per heavy atom. The highest BCUT2D eigenvalue weighted by molar-refractivity contribution is 6.34. The normalized spacial score (nSPS) is 10.5. The molecular weight excluding hydrogens is 383 g/mol. The third-order valence-corrected chi connectivity index (χ3v) is 3.46. The second-order valence-corrected chi connectivity index (χ2v) is 5.72. The maximum Gasteiger partial charge on any atom is 0.341 e. The van der Waals surface area contributed by atoms with Crippen molar-refractivity contribution in [2.45, 2.75) is 0 Å². The minimum absolute atomic E-state index is 0.283. The van der Waals surface area contributed by atoms with Crippen LogP contribution in [-0.4, -0.2) is 36.4 Å². The van der Waals surface area contributed by atoms with Crippen molar-refractivity contribution < 1.29 is 24.2 Å². The van der Waals surface area contributed by atoms with Gasteiger partial charge in [-0.25, -0.2) is 10.2 Å². The van der Waals surface area contributed by atoms with E-state index in [0.29, 0.717) is 21.4 Å². The Bertz CT molecular complexity index is 827. The zero-order chi connectivity index (χ0) is 18.9. The molecule has 0 saturated heterocycles. The number of aliphatic carboxylic acids is 1. The molecule has 0 aliphatic heterocycles. The highest BCUT2D eigenvalue weighted by Gasteiger charge is 2.07. The standard InChI is InChI=1S/C17H14Cl2N2O5/c18-12-5-6-13(19)15(7-12)25-9-16(22)21-20-8-11-3-1-2-4-14(11)26-10-17(23)24/h1-8H,9-10H2,(H,21,22)(H,23,24)/b20-8-. The summed E-state index contributed by atoms with van der Waals surface area (Å²) in [4.78, 5) is 22.3. The molecule has 0 atom stereocenters. The van der Waals surface area contributed by atoms with Crippen LogP contribution in [0.15, 0.2) is 47.6 Å². The number of nitrogens with one attached hydrogen (secondary N) is 1. The SMILES string of the molecule is O=C(O)COc1ccccc1/C=N\NC(=O)COc1cc(Cl)ccc1Cl. The van der Waals surface area contributed by atoms with Crippen molar-refractivity contribution in [3.8, 4) is 11.5 Å². The Balaban J connectivity index is 1.89. The summed E-state index contributed by atoms with van der Waals surface area (Å²) in [6, 6.07) is 11.3. The number of carbonyl (C=O) groups excluding carboxylic acids is 1. The molecule has 7 nitrogen and oxygen atoms in total. The van der Waals surface area contributed by atoms with E-state index in [-0.39, 0.29) is 12.4 Å². The summed E-state index contributed by atoms with van der Waals surface area (Å²) >= 11 is 11.8. The molecule has 26 heavy (non-hydrogen) atoms. The summed E-state index contributed by atoms with van der Waals surface area (Å²) in [7, 11) is 0. The van der Waals surface area contributed by atoms with Crippen LogP contribution in [0.2, 0.25) is 10.0 Å². The van der Waals surface area contributed by atoms with Gasteiger partial charge in [-0.15, -0.1) is 0 Å². The molecule has 2 rings (SSSR count). The first-order valence-corrected chi connectivity index (χ1v) is 8.04. The summed E-state index contributed by atoms with van der Waals surface area (Å²) in [5.41, 5.74) is 2.79. The largest absolute Gasteiger partial charge is 0.482 e. The monoisotopic (exact) mass is 396 g/mol. The number of carbonyl (C=O) groups is 2. The average Bonchev–Trinajstić information content (AvgIpc) is 2.61. The minimum atomic E-state index is -1.10. The number of halogens is 2. The van der Waals surface area contributed by atoms with Crippen LogP contribution < -0.4 is 14.9 Å². The molecule has 0 aromatic heterocycles. The van der Waals surface area contributed by atoms with Crippen molar-refractivity contribution in [3.63, 3.8) is 0 Å². The fourth-order valence-electron chi connectivity index (χ4n) is 1.80. The predicted molar refractivity (Wildman–Crippen MR) is 97.3 cm³/mol. The number of rotatable bonds is 8. The van der Waals surface area contributed by atoms with Gasteiger partial charge in [0.2, 0.25) is 0 Å². The first-order valence-electron chi connectivity index (χ1n) is 7.29. The van der Waals surface area contributed by atoms with E-state index in [9.17, 15) is 9.59 Å². The summed E-state index contributed by atoms with van der Waals surface area (Å²) < 4.78 is 10.4. The van der Waals surface area contributed by atoms with Crippen molar-refractivity contribution in [1.82, 2.24) is 5.43 Å². The molecule has 0 spiro atoms. The second-order valence-electron chi connectivity index (χ2n) is 4.88. The Kier molecular flexibility index (Phi) is 7.25. The van der Waals surface area contributed by atoms with Crippen LogP contribution in [0.5, 0.6) is 11.5 Å². The fraction of sp³-hybridized carbons (Fsp3) is 0.118. The average molecular weight is 397 g/mol. The molecule has 2 aromatic carbocycles. The molecule has 1 amide bonds. The lowest BCUT2D eigenvalue weighted by Crippen LogP contribution is -2.24. The molecule has 9 heteroatoms. The molecule has 0 saturated carbocycles. The zero-order valence-electron chi connectivity index (χ0n) is 13.3. The van der Waals surface area contributed by atoms with Gasteiger partial charge in [-0.1, -0.05) is 35.3 Å². The Morgan fingerprint density at radius 3 is 2.58 bits per heavy atom. The van der Waals surface area contributed by atoms with Crippen LogP contribution in [0, 0.1) is 0 Å². The lowest BCUT2D eigenvalue weighted by atomic mass is 10.2. The molecule has 136 valence electrons. The number of carboxylic acids is 1. The molecule has 0 unspecified atom stereocenters.